The van der Waals surface area contributed by atoms with E-state index in [-0.39, 0.29) is 10.7 Å². The Morgan fingerprint density at radius 3 is 2.64 bits per heavy atom. The maximum atomic E-state index is 11.2. The SMILES string of the molecule is CNc1c([N+](=O)[O-])nn(C)c(=O)c1Cl. The second-order valence-electron chi connectivity index (χ2n) is 2.45. The van der Waals surface area contributed by atoms with Crippen molar-refractivity contribution >= 4 is 23.1 Å². The lowest BCUT2D eigenvalue weighted by molar-refractivity contribution is -0.389. The molecule has 0 atom stereocenters. The third-order valence-electron chi connectivity index (χ3n) is 1.59. The lowest BCUT2D eigenvalue weighted by Gasteiger charge is -2.03. The molecule has 8 heteroatoms. The lowest BCUT2D eigenvalue weighted by Crippen LogP contribution is -2.22. The van der Waals surface area contributed by atoms with Crippen LogP contribution in [0.4, 0.5) is 11.5 Å². The highest BCUT2D eigenvalue weighted by atomic mass is 35.5. The van der Waals surface area contributed by atoms with E-state index in [1.165, 1.54) is 14.1 Å². The average molecular weight is 219 g/mol. The van der Waals surface area contributed by atoms with Gasteiger partial charge in [0, 0.05) is 7.05 Å². The number of hydrogen-bond donors (Lipinski definition) is 1. The van der Waals surface area contributed by atoms with Gasteiger partial charge >= 0.3 is 11.4 Å². The van der Waals surface area contributed by atoms with E-state index < -0.39 is 16.3 Å². The van der Waals surface area contributed by atoms with Crippen molar-refractivity contribution in [3.05, 3.63) is 25.5 Å². The van der Waals surface area contributed by atoms with Crippen LogP contribution in [0.1, 0.15) is 0 Å². The van der Waals surface area contributed by atoms with Gasteiger partial charge in [0.25, 0.3) is 0 Å². The van der Waals surface area contributed by atoms with E-state index >= 15 is 0 Å². The van der Waals surface area contributed by atoms with Crippen LogP contribution in [0.25, 0.3) is 0 Å². The van der Waals surface area contributed by atoms with Crippen LogP contribution in [0.15, 0.2) is 4.79 Å². The summed E-state index contributed by atoms with van der Waals surface area (Å²) in [6.45, 7) is 0. The summed E-state index contributed by atoms with van der Waals surface area (Å²) in [5.74, 6) is -0.473. The normalized spacial score (nSPS) is 9.93. The van der Waals surface area contributed by atoms with Gasteiger partial charge in [-0.25, -0.2) is 0 Å². The molecule has 0 saturated carbocycles. The number of halogens is 1. The van der Waals surface area contributed by atoms with Crippen molar-refractivity contribution in [3.63, 3.8) is 0 Å². The molecule has 0 aliphatic heterocycles. The molecular weight excluding hydrogens is 212 g/mol. The molecule has 0 saturated heterocycles. The number of nitro groups is 1. The highest BCUT2D eigenvalue weighted by Gasteiger charge is 2.22. The van der Waals surface area contributed by atoms with Crippen molar-refractivity contribution in [1.82, 2.24) is 9.78 Å². The Kier molecular flexibility index (Phi) is 2.70. The Morgan fingerprint density at radius 2 is 2.21 bits per heavy atom. The Bertz CT molecular complexity index is 441. The first-order valence-electron chi connectivity index (χ1n) is 3.58. The number of anilines is 1. The van der Waals surface area contributed by atoms with Gasteiger partial charge in [-0.1, -0.05) is 11.6 Å². The van der Waals surface area contributed by atoms with E-state index in [0.717, 1.165) is 4.68 Å². The minimum absolute atomic E-state index is 0.0697. The van der Waals surface area contributed by atoms with Gasteiger partial charge in [0.1, 0.15) is 5.02 Å². The number of aromatic nitrogens is 2. The first-order valence-corrected chi connectivity index (χ1v) is 3.95. The molecule has 76 valence electrons. The summed E-state index contributed by atoms with van der Waals surface area (Å²) in [6, 6.07) is 0. The molecule has 1 heterocycles. The summed E-state index contributed by atoms with van der Waals surface area (Å²) in [5, 5.41) is 16.2. The van der Waals surface area contributed by atoms with Crippen LogP contribution >= 0.6 is 11.6 Å². The van der Waals surface area contributed by atoms with Crippen LogP contribution in [0.3, 0.4) is 0 Å². The van der Waals surface area contributed by atoms with Crippen LogP contribution in [-0.4, -0.2) is 21.8 Å². The van der Waals surface area contributed by atoms with Gasteiger partial charge < -0.3 is 15.4 Å². The number of rotatable bonds is 2. The summed E-state index contributed by atoms with van der Waals surface area (Å²) >= 11 is 5.61. The summed E-state index contributed by atoms with van der Waals surface area (Å²) in [4.78, 5) is 21.0. The Hall–Kier alpha value is -1.63. The zero-order chi connectivity index (χ0) is 10.9. The second kappa shape index (κ2) is 3.62. The molecule has 0 fully saturated rings. The maximum Gasteiger partial charge on any atom is 0.413 e. The van der Waals surface area contributed by atoms with Gasteiger partial charge in [-0.05, 0) is 4.92 Å². The Balaban J connectivity index is 3.60. The van der Waals surface area contributed by atoms with Gasteiger partial charge in [0.15, 0.2) is 5.69 Å². The van der Waals surface area contributed by atoms with Crippen molar-refractivity contribution in [1.29, 1.82) is 0 Å². The van der Waals surface area contributed by atoms with Crippen molar-refractivity contribution < 1.29 is 4.92 Å². The molecule has 1 N–H and O–H groups in total. The smallest absolute Gasteiger partial charge is 0.380 e. The molecule has 1 rings (SSSR count). The average Bonchev–Trinajstić information content (AvgIpc) is 2.13. The molecule has 0 aliphatic rings. The number of nitrogens with one attached hydrogen (secondary N) is 1. The number of hydrogen-bond acceptors (Lipinski definition) is 5. The second-order valence-corrected chi connectivity index (χ2v) is 2.83. The van der Waals surface area contributed by atoms with Gasteiger partial charge in [-0.2, -0.15) is 0 Å². The van der Waals surface area contributed by atoms with Crippen LogP contribution < -0.4 is 10.9 Å². The van der Waals surface area contributed by atoms with Crippen molar-refractivity contribution in [2.75, 3.05) is 12.4 Å². The number of aryl methyl sites for hydroxylation is 1. The molecule has 0 bridgehead atoms. The Morgan fingerprint density at radius 1 is 1.64 bits per heavy atom. The van der Waals surface area contributed by atoms with Gasteiger partial charge in [-0.15, -0.1) is 4.68 Å². The predicted octanol–water partition coefficient (Wildman–Crippen LogP) is 0.384. The van der Waals surface area contributed by atoms with Crippen LogP contribution in [-0.2, 0) is 7.05 Å². The minimum Gasteiger partial charge on any atom is -0.380 e. The third-order valence-corrected chi connectivity index (χ3v) is 1.94. The largest absolute Gasteiger partial charge is 0.413 e. The third kappa shape index (κ3) is 1.53. The molecule has 0 aromatic carbocycles. The van der Waals surface area contributed by atoms with Crippen molar-refractivity contribution in [3.8, 4) is 0 Å². The quantitative estimate of drug-likeness (QED) is 0.573. The molecule has 0 radical (unpaired) electrons. The van der Waals surface area contributed by atoms with Crippen LogP contribution in [0.2, 0.25) is 5.02 Å². The highest BCUT2D eigenvalue weighted by molar-refractivity contribution is 6.33. The Labute approximate surface area is 83.4 Å². The highest BCUT2D eigenvalue weighted by Crippen LogP contribution is 2.25. The topological polar surface area (TPSA) is 90.1 Å². The molecule has 7 nitrogen and oxygen atoms in total. The molecule has 0 spiro atoms. The van der Waals surface area contributed by atoms with Gasteiger partial charge in [0.2, 0.25) is 0 Å². The van der Waals surface area contributed by atoms with Gasteiger partial charge in [0.05, 0.1) is 12.1 Å². The standard InChI is InChI=1S/C6H7ClN4O3/c1-8-4-3(7)6(12)10(2)9-5(4)11(13)14/h8H,1-2H3. The van der Waals surface area contributed by atoms with Crippen LogP contribution in [0, 0.1) is 10.1 Å². The predicted molar refractivity (Wildman–Crippen MR) is 50.7 cm³/mol. The van der Waals surface area contributed by atoms with E-state index in [1.807, 2.05) is 0 Å². The molecular formula is C6H7ClN4O3. The zero-order valence-electron chi connectivity index (χ0n) is 7.44. The molecule has 0 amide bonds. The molecule has 14 heavy (non-hydrogen) atoms. The summed E-state index contributed by atoms with van der Waals surface area (Å²) < 4.78 is 0.821. The molecule has 0 aliphatic carbocycles. The van der Waals surface area contributed by atoms with Gasteiger partial charge in [-0.3, -0.25) is 4.79 Å². The fourth-order valence-corrected chi connectivity index (χ4v) is 1.24. The molecule has 1 aromatic rings. The zero-order valence-corrected chi connectivity index (χ0v) is 8.20. The van der Waals surface area contributed by atoms with E-state index in [2.05, 4.69) is 10.4 Å². The number of nitrogens with zero attached hydrogens (tertiary/aromatic N) is 3. The fourth-order valence-electron chi connectivity index (χ4n) is 0.934. The maximum absolute atomic E-state index is 11.2. The van der Waals surface area contributed by atoms with E-state index in [9.17, 15) is 14.9 Å². The first kappa shape index (κ1) is 10.5. The molecule has 0 unspecified atom stereocenters. The van der Waals surface area contributed by atoms with Crippen molar-refractivity contribution in [2.45, 2.75) is 0 Å². The lowest BCUT2D eigenvalue weighted by atomic mass is 10.4. The van der Waals surface area contributed by atoms with E-state index in [4.69, 9.17) is 11.6 Å². The van der Waals surface area contributed by atoms with E-state index in [1.54, 1.807) is 0 Å². The fraction of sp³-hybridized carbons (Fsp3) is 0.333. The first-order chi connectivity index (χ1) is 6.49. The van der Waals surface area contributed by atoms with Crippen LogP contribution in [0.5, 0.6) is 0 Å². The minimum atomic E-state index is -0.711. The summed E-state index contributed by atoms with van der Waals surface area (Å²) in [6.07, 6.45) is 0. The summed E-state index contributed by atoms with van der Waals surface area (Å²) in [5.41, 5.74) is -0.651. The monoisotopic (exact) mass is 218 g/mol. The van der Waals surface area contributed by atoms with Crippen molar-refractivity contribution in [2.24, 2.45) is 7.05 Å². The summed E-state index contributed by atoms with van der Waals surface area (Å²) in [7, 11) is 2.72. The van der Waals surface area contributed by atoms with E-state index in [0.29, 0.717) is 0 Å². The molecule has 1 aromatic heterocycles.